The van der Waals surface area contributed by atoms with Crippen LogP contribution in [0.25, 0.3) is 5.82 Å². The fourth-order valence-corrected chi connectivity index (χ4v) is 3.21. The van der Waals surface area contributed by atoms with E-state index in [2.05, 4.69) is 20.6 Å². The second-order valence-corrected chi connectivity index (χ2v) is 7.47. The van der Waals surface area contributed by atoms with Gasteiger partial charge in [-0.15, -0.1) is 0 Å². The van der Waals surface area contributed by atoms with E-state index in [1.54, 1.807) is 37.3 Å². The lowest BCUT2D eigenvalue weighted by molar-refractivity contribution is -0.137. The molecule has 0 aliphatic carbocycles. The molecule has 0 aliphatic heterocycles. The summed E-state index contributed by atoms with van der Waals surface area (Å²) in [6.45, 7) is 3.18. The number of amides is 1. The van der Waals surface area contributed by atoms with Crippen molar-refractivity contribution in [3.8, 4) is 5.82 Å². The van der Waals surface area contributed by atoms with Crippen LogP contribution in [0, 0.1) is 13.8 Å². The summed E-state index contributed by atoms with van der Waals surface area (Å²) in [6, 6.07) is 11.9. The Morgan fingerprint density at radius 3 is 2.43 bits per heavy atom. The molecule has 3 aromatic heterocycles. The Bertz CT molecular complexity index is 1350. The molecule has 1 unspecified atom stereocenters. The van der Waals surface area contributed by atoms with Gasteiger partial charge in [-0.25, -0.2) is 14.5 Å². The van der Waals surface area contributed by atoms with Crippen molar-refractivity contribution < 1.29 is 32.0 Å². The van der Waals surface area contributed by atoms with Crippen LogP contribution in [0.1, 0.15) is 39.0 Å². The second kappa shape index (κ2) is 9.41. The molecule has 0 saturated carbocycles. The van der Waals surface area contributed by atoms with Gasteiger partial charge in [-0.1, -0.05) is 35.5 Å². The van der Waals surface area contributed by atoms with E-state index in [1.165, 1.54) is 23.9 Å². The van der Waals surface area contributed by atoms with Crippen LogP contribution in [-0.4, -0.2) is 31.8 Å². The van der Waals surface area contributed by atoms with Crippen LogP contribution < -0.4 is 5.32 Å². The van der Waals surface area contributed by atoms with Crippen LogP contribution in [0.2, 0.25) is 0 Å². The highest BCUT2D eigenvalue weighted by Crippen LogP contribution is 2.29. The molecule has 1 N–H and O–H groups in total. The lowest BCUT2D eigenvalue weighted by Crippen LogP contribution is -2.26. The summed E-state index contributed by atoms with van der Waals surface area (Å²) in [7, 11) is 0. The first-order chi connectivity index (χ1) is 16.6. The normalized spacial score (nSPS) is 12.3. The number of esters is 1. The summed E-state index contributed by atoms with van der Waals surface area (Å²) in [4.78, 5) is 29.7. The minimum absolute atomic E-state index is 0.0118. The van der Waals surface area contributed by atoms with Crippen LogP contribution in [-0.2, 0) is 15.7 Å². The van der Waals surface area contributed by atoms with Crippen molar-refractivity contribution in [2.45, 2.75) is 26.1 Å². The zero-order valence-corrected chi connectivity index (χ0v) is 18.4. The first-order valence-corrected chi connectivity index (χ1v) is 10.2. The molecule has 1 atom stereocenters. The number of halogens is 3. The molecule has 0 aliphatic rings. The molecule has 9 nitrogen and oxygen atoms in total. The lowest BCUT2D eigenvalue weighted by Gasteiger charge is -2.17. The van der Waals surface area contributed by atoms with E-state index in [9.17, 15) is 22.8 Å². The first kappa shape index (κ1) is 23.7. The molecule has 3 heterocycles. The minimum Gasteiger partial charge on any atom is -0.444 e. The quantitative estimate of drug-likeness (QED) is 0.402. The molecule has 0 radical (unpaired) electrons. The number of anilines is 1. The Hall–Kier alpha value is -4.48. The van der Waals surface area contributed by atoms with Crippen molar-refractivity contribution in [3.05, 3.63) is 89.1 Å². The molecule has 0 saturated heterocycles. The van der Waals surface area contributed by atoms with E-state index < -0.39 is 29.7 Å². The number of hydrogen-bond acceptors (Lipinski definition) is 7. The van der Waals surface area contributed by atoms with Gasteiger partial charge in [-0.05, 0) is 26.0 Å². The number of carbonyl (C=O) groups is 2. The first-order valence-electron chi connectivity index (χ1n) is 10.2. The fraction of sp³-hybridized carbons (Fsp3) is 0.174. The van der Waals surface area contributed by atoms with E-state index in [1.807, 2.05) is 0 Å². The van der Waals surface area contributed by atoms with Crippen molar-refractivity contribution in [3.63, 3.8) is 0 Å². The number of pyridine rings is 1. The van der Waals surface area contributed by atoms with Crippen LogP contribution in [0.15, 0.2) is 65.4 Å². The van der Waals surface area contributed by atoms with Gasteiger partial charge < -0.3 is 14.6 Å². The highest BCUT2D eigenvalue weighted by molar-refractivity contribution is 5.98. The maximum absolute atomic E-state index is 13.0. The minimum atomic E-state index is -4.53. The highest BCUT2D eigenvalue weighted by atomic mass is 19.4. The maximum Gasteiger partial charge on any atom is 0.417 e. The largest absolute Gasteiger partial charge is 0.444 e. The predicted octanol–water partition coefficient (Wildman–Crippen LogP) is 4.43. The van der Waals surface area contributed by atoms with Gasteiger partial charge in [-0.2, -0.15) is 18.3 Å². The van der Waals surface area contributed by atoms with Crippen LogP contribution in [0.5, 0.6) is 0 Å². The third kappa shape index (κ3) is 5.21. The number of carbonyl (C=O) groups excluding carboxylic acids is 2. The zero-order valence-electron chi connectivity index (χ0n) is 18.4. The van der Waals surface area contributed by atoms with Gasteiger partial charge in [0.05, 0.1) is 17.5 Å². The van der Waals surface area contributed by atoms with Gasteiger partial charge in [0.15, 0.2) is 11.6 Å². The van der Waals surface area contributed by atoms with Gasteiger partial charge in [0.1, 0.15) is 11.3 Å². The average Bonchev–Trinajstić information content (AvgIpc) is 3.42. The molecule has 4 aromatic rings. The van der Waals surface area contributed by atoms with Crippen molar-refractivity contribution >= 4 is 17.7 Å². The number of nitrogens with one attached hydrogen (secondary N) is 1. The van der Waals surface area contributed by atoms with E-state index in [4.69, 9.17) is 9.26 Å². The second-order valence-electron chi connectivity index (χ2n) is 7.47. The number of nitrogens with zero attached hydrogens (tertiary/aromatic N) is 4. The summed E-state index contributed by atoms with van der Waals surface area (Å²) < 4.78 is 50.1. The van der Waals surface area contributed by atoms with Crippen LogP contribution in [0.3, 0.4) is 0 Å². The SMILES string of the molecule is Cc1cc(NC(=O)C(OC(=O)c2cnn(-c3ccc(C(F)(F)F)cn3)c2C)c2ccccc2)no1. The zero-order chi connectivity index (χ0) is 25.2. The van der Waals surface area contributed by atoms with Crippen molar-refractivity contribution in [2.75, 3.05) is 5.32 Å². The topological polar surface area (TPSA) is 112 Å². The number of rotatable bonds is 6. The van der Waals surface area contributed by atoms with Crippen molar-refractivity contribution in [1.82, 2.24) is 19.9 Å². The third-order valence-electron chi connectivity index (χ3n) is 4.97. The highest BCUT2D eigenvalue weighted by Gasteiger charge is 2.31. The number of ether oxygens (including phenoxy) is 1. The van der Waals surface area contributed by atoms with E-state index in [0.29, 0.717) is 17.5 Å². The molecule has 0 spiro atoms. The summed E-state index contributed by atoms with van der Waals surface area (Å²) in [5.41, 5.74) is -0.225. The van der Waals surface area contributed by atoms with E-state index in [0.717, 1.165) is 12.1 Å². The molecule has 4 rings (SSSR count). The molecule has 12 heteroatoms. The maximum atomic E-state index is 13.0. The predicted molar refractivity (Wildman–Crippen MR) is 116 cm³/mol. The molecule has 35 heavy (non-hydrogen) atoms. The molecule has 0 bridgehead atoms. The van der Waals surface area contributed by atoms with Crippen molar-refractivity contribution in [2.24, 2.45) is 0 Å². The Morgan fingerprint density at radius 1 is 1.09 bits per heavy atom. The Balaban J connectivity index is 1.57. The van der Waals surface area contributed by atoms with Crippen LogP contribution in [0.4, 0.5) is 19.0 Å². The van der Waals surface area contributed by atoms with Gasteiger partial charge in [0.25, 0.3) is 5.91 Å². The van der Waals surface area contributed by atoms with Gasteiger partial charge in [-0.3, -0.25) is 4.79 Å². The standard InChI is InChI=1S/C23H18F3N5O4/c1-13-10-18(30-35-13)29-21(32)20(15-6-4-3-5-7-15)34-22(33)17-12-28-31(14(17)2)19-9-8-16(11-27-19)23(24,25)26/h3-12,20H,1-2H3,(H,29,30,32). The summed E-state index contributed by atoms with van der Waals surface area (Å²) >= 11 is 0. The Morgan fingerprint density at radius 2 is 1.83 bits per heavy atom. The smallest absolute Gasteiger partial charge is 0.417 e. The monoisotopic (exact) mass is 485 g/mol. The van der Waals surface area contributed by atoms with Crippen LogP contribution >= 0.6 is 0 Å². The third-order valence-corrected chi connectivity index (χ3v) is 4.97. The number of aryl methyl sites for hydroxylation is 1. The van der Waals surface area contributed by atoms with Gasteiger partial charge in [0, 0.05) is 17.8 Å². The average molecular weight is 485 g/mol. The summed E-state index contributed by atoms with van der Waals surface area (Å²) in [5, 5.41) is 10.3. The van der Waals surface area contributed by atoms with Gasteiger partial charge in [0.2, 0.25) is 6.10 Å². The van der Waals surface area contributed by atoms with E-state index >= 15 is 0 Å². The van der Waals surface area contributed by atoms with Gasteiger partial charge >= 0.3 is 12.1 Å². The molecule has 0 fully saturated rings. The fourth-order valence-electron chi connectivity index (χ4n) is 3.21. The number of hydrogen-bond donors (Lipinski definition) is 1. The molecule has 1 amide bonds. The van der Waals surface area contributed by atoms with E-state index in [-0.39, 0.29) is 22.9 Å². The Labute approximate surface area is 196 Å². The Kier molecular flexibility index (Phi) is 6.36. The number of alkyl halides is 3. The number of benzene rings is 1. The number of aromatic nitrogens is 4. The molecule has 180 valence electrons. The molecule has 1 aromatic carbocycles. The van der Waals surface area contributed by atoms with Crippen molar-refractivity contribution in [1.29, 1.82) is 0 Å². The molecular weight excluding hydrogens is 467 g/mol. The summed E-state index contributed by atoms with van der Waals surface area (Å²) in [5.74, 6) is -0.808. The summed E-state index contributed by atoms with van der Waals surface area (Å²) in [6.07, 6.45) is -3.99. The molecular formula is C23H18F3N5O4. The lowest BCUT2D eigenvalue weighted by atomic mass is 10.1.